The Morgan fingerprint density at radius 3 is 2.17 bits per heavy atom. The number of thioether (sulfide) groups is 1. The van der Waals surface area contributed by atoms with Gasteiger partial charge in [-0.3, -0.25) is 14.5 Å². The molecule has 0 radical (unpaired) electrons. The molecular weight excluding hydrogens is 246 g/mol. The third-order valence-electron chi connectivity index (χ3n) is 2.86. The van der Waals surface area contributed by atoms with E-state index in [9.17, 15) is 9.59 Å². The van der Waals surface area contributed by atoms with Gasteiger partial charge in [0.2, 0.25) is 0 Å². The maximum absolute atomic E-state index is 12.0. The molecule has 0 saturated carbocycles. The summed E-state index contributed by atoms with van der Waals surface area (Å²) in [6.45, 7) is 4.81. The van der Waals surface area contributed by atoms with Gasteiger partial charge in [-0.05, 0) is 29.6 Å². The van der Waals surface area contributed by atoms with Gasteiger partial charge in [0.05, 0.1) is 11.1 Å². The lowest BCUT2D eigenvalue weighted by Gasteiger charge is -2.13. The molecule has 0 bridgehead atoms. The van der Waals surface area contributed by atoms with Gasteiger partial charge in [0, 0.05) is 6.54 Å². The summed E-state index contributed by atoms with van der Waals surface area (Å²) in [4.78, 5) is 25.4. The Morgan fingerprint density at radius 2 is 1.67 bits per heavy atom. The average Bonchev–Trinajstić information content (AvgIpc) is 2.59. The molecule has 0 aromatic heterocycles. The highest BCUT2D eigenvalue weighted by atomic mass is 32.2. The van der Waals surface area contributed by atoms with Gasteiger partial charge in [0.15, 0.2) is 0 Å². The van der Waals surface area contributed by atoms with E-state index in [1.807, 2.05) is 11.8 Å². The van der Waals surface area contributed by atoms with Gasteiger partial charge >= 0.3 is 0 Å². The van der Waals surface area contributed by atoms with E-state index in [4.69, 9.17) is 0 Å². The van der Waals surface area contributed by atoms with Crippen molar-refractivity contribution < 1.29 is 9.59 Å². The first-order valence-electron chi connectivity index (χ1n) is 6.18. The van der Waals surface area contributed by atoms with Crippen LogP contribution in [0.2, 0.25) is 0 Å². The van der Waals surface area contributed by atoms with Gasteiger partial charge in [-0.15, -0.1) is 0 Å². The smallest absolute Gasteiger partial charge is 0.261 e. The van der Waals surface area contributed by atoms with Crippen LogP contribution in [-0.2, 0) is 0 Å². The largest absolute Gasteiger partial charge is 0.274 e. The fourth-order valence-electron chi connectivity index (χ4n) is 1.98. The number of rotatable bonds is 5. The minimum Gasteiger partial charge on any atom is -0.274 e. The van der Waals surface area contributed by atoms with Crippen molar-refractivity contribution in [3.05, 3.63) is 35.4 Å². The number of imide groups is 1. The van der Waals surface area contributed by atoms with E-state index in [2.05, 4.69) is 13.8 Å². The predicted octanol–water partition coefficient (Wildman–Crippen LogP) is 2.81. The molecule has 1 aromatic carbocycles. The Morgan fingerprint density at radius 1 is 1.11 bits per heavy atom. The number of hydrogen-bond acceptors (Lipinski definition) is 3. The summed E-state index contributed by atoms with van der Waals surface area (Å²) in [5.74, 6) is 0.681. The fraction of sp³-hybridized carbons (Fsp3) is 0.429. The highest BCUT2D eigenvalue weighted by Crippen LogP contribution is 2.22. The van der Waals surface area contributed by atoms with E-state index in [0.29, 0.717) is 22.9 Å². The normalized spacial score (nSPS) is 14.5. The number of amides is 2. The van der Waals surface area contributed by atoms with Gasteiger partial charge in [0.1, 0.15) is 0 Å². The summed E-state index contributed by atoms with van der Waals surface area (Å²) < 4.78 is 0. The molecule has 1 aliphatic heterocycles. The number of nitrogens with zero attached hydrogens (tertiary/aromatic N) is 1. The lowest BCUT2D eigenvalue weighted by Crippen LogP contribution is -2.31. The molecule has 0 fully saturated rings. The monoisotopic (exact) mass is 263 g/mol. The maximum Gasteiger partial charge on any atom is 0.261 e. The highest BCUT2D eigenvalue weighted by Gasteiger charge is 2.34. The van der Waals surface area contributed by atoms with Crippen LogP contribution in [0.4, 0.5) is 0 Å². The van der Waals surface area contributed by atoms with Gasteiger partial charge < -0.3 is 0 Å². The number of benzene rings is 1. The molecule has 0 aliphatic carbocycles. The van der Waals surface area contributed by atoms with Crippen LogP contribution >= 0.6 is 11.8 Å². The molecule has 2 rings (SSSR count). The second-order valence-electron chi connectivity index (χ2n) is 4.58. The first-order valence-corrected chi connectivity index (χ1v) is 7.23. The SMILES string of the molecule is CC(C)SCCCN1C(=O)c2ccccc2C1=O. The molecule has 3 nitrogen and oxygen atoms in total. The Kier molecular flexibility index (Phi) is 4.07. The zero-order valence-corrected chi connectivity index (χ0v) is 11.5. The minimum atomic E-state index is -0.148. The van der Waals surface area contributed by atoms with Crippen molar-refractivity contribution in [2.45, 2.75) is 25.5 Å². The number of fused-ring (bicyclic) bond motifs is 1. The Hall–Kier alpha value is -1.29. The molecule has 1 heterocycles. The molecule has 0 unspecified atom stereocenters. The lowest BCUT2D eigenvalue weighted by molar-refractivity contribution is 0.0655. The third-order valence-corrected chi connectivity index (χ3v) is 4.05. The molecule has 0 N–H and O–H groups in total. The molecule has 0 spiro atoms. The van der Waals surface area contributed by atoms with Crippen LogP contribution < -0.4 is 0 Å². The van der Waals surface area contributed by atoms with Gasteiger partial charge in [-0.25, -0.2) is 0 Å². The van der Waals surface area contributed by atoms with Crippen molar-refractivity contribution >= 4 is 23.6 Å². The van der Waals surface area contributed by atoms with Crippen molar-refractivity contribution in [1.82, 2.24) is 4.90 Å². The van der Waals surface area contributed by atoms with Crippen LogP contribution in [0.3, 0.4) is 0 Å². The van der Waals surface area contributed by atoms with Crippen LogP contribution in [0.25, 0.3) is 0 Å². The van der Waals surface area contributed by atoms with Crippen LogP contribution in [0.1, 0.15) is 41.0 Å². The molecule has 96 valence electrons. The third kappa shape index (κ3) is 2.58. The number of hydrogen-bond donors (Lipinski definition) is 0. The summed E-state index contributed by atoms with van der Waals surface area (Å²) in [5, 5.41) is 0.590. The van der Waals surface area contributed by atoms with Crippen LogP contribution in [-0.4, -0.2) is 34.3 Å². The van der Waals surface area contributed by atoms with E-state index >= 15 is 0 Å². The Balaban J connectivity index is 1.97. The maximum atomic E-state index is 12.0. The second kappa shape index (κ2) is 5.57. The second-order valence-corrected chi connectivity index (χ2v) is 6.27. The van der Waals surface area contributed by atoms with E-state index in [-0.39, 0.29) is 11.8 Å². The molecule has 4 heteroatoms. The van der Waals surface area contributed by atoms with Gasteiger partial charge in [0.25, 0.3) is 11.8 Å². The zero-order chi connectivity index (χ0) is 13.1. The topological polar surface area (TPSA) is 37.4 Å². The van der Waals surface area contributed by atoms with Crippen molar-refractivity contribution in [3.63, 3.8) is 0 Å². The van der Waals surface area contributed by atoms with Crippen LogP contribution in [0, 0.1) is 0 Å². The molecule has 1 aromatic rings. The molecular formula is C14H17NO2S. The number of carbonyl (C=O) groups excluding carboxylic acids is 2. The lowest BCUT2D eigenvalue weighted by atomic mass is 10.1. The highest BCUT2D eigenvalue weighted by molar-refractivity contribution is 7.99. The minimum absolute atomic E-state index is 0.148. The molecule has 0 atom stereocenters. The summed E-state index contributed by atoms with van der Waals surface area (Å²) in [7, 11) is 0. The Bertz CT molecular complexity index is 436. The first-order chi connectivity index (χ1) is 8.61. The van der Waals surface area contributed by atoms with Crippen molar-refractivity contribution in [1.29, 1.82) is 0 Å². The number of carbonyl (C=O) groups is 2. The summed E-state index contributed by atoms with van der Waals surface area (Å²) >= 11 is 1.85. The van der Waals surface area contributed by atoms with E-state index in [1.54, 1.807) is 24.3 Å². The molecule has 2 amide bonds. The van der Waals surface area contributed by atoms with Crippen molar-refractivity contribution in [2.75, 3.05) is 12.3 Å². The first kappa shape index (κ1) is 13.1. The van der Waals surface area contributed by atoms with Crippen LogP contribution in [0.15, 0.2) is 24.3 Å². The molecule has 1 aliphatic rings. The summed E-state index contributed by atoms with van der Waals surface area (Å²) in [5.41, 5.74) is 1.08. The zero-order valence-electron chi connectivity index (χ0n) is 10.7. The van der Waals surface area contributed by atoms with Gasteiger partial charge in [-0.2, -0.15) is 11.8 Å². The van der Waals surface area contributed by atoms with Gasteiger partial charge in [-0.1, -0.05) is 26.0 Å². The van der Waals surface area contributed by atoms with Crippen molar-refractivity contribution in [2.24, 2.45) is 0 Å². The predicted molar refractivity (Wildman–Crippen MR) is 74.0 cm³/mol. The standard InChI is InChI=1S/C14H17NO2S/c1-10(2)18-9-5-8-15-13(16)11-6-3-4-7-12(11)14(15)17/h3-4,6-7,10H,5,8-9H2,1-2H3. The molecule has 0 saturated heterocycles. The Labute approximate surface area is 112 Å². The fourth-order valence-corrected chi connectivity index (χ4v) is 2.75. The van der Waals surface area contributed by atoms with Crippen molar-refractivity contribution in [3.8, 4) is 0 Å². The van der Waals surface area contributed by atoms with E-state index in [1.165, 1.54) is 4.90 Å². The van der Waals surface area contributed by atoms with Crippen LogP contribution in [0.5, 0.6) is 0 Å². The summed E-state index contributed by atoms with van der Waals surface area (Å²) in [6, 6.07) is 7.03. The van der Waals surface area contributed by atoms with E-state index < -0.39 is 0 Å². The molecule has 18 heavy (non-hydrogen) atoms. The summed E-state index contributed by atoms with van der Waals surface area (Å²) in [6.07, 6.45) is 0.855. The van der Waals surface area contributed by atoms with E-state index in [0.717, 1.165) is 12.2 Å². The quantitative estimate of drug-likeness (QED) is 0.605. The average molecular weight is 263 g/mol.